The number of hydrogen-bond acceptors (Lipinski definition) is 8. The highest BCUT2D eigenvalue weighted by atomic mass is 32.1. The molecule has 0 fully saturated rings. The van der Waals surface area contributed by atoms with Crippen LogP contribution in [0.5, 0.6) is 0 Å². The summed E-state index contributed by atoms with van der Waals surface area (Å²) >= 11 is 2.18. The molecular weight excluding hydrogens is 465 g/mol. The molecule has 2 heterocycles. The number of rotatable bonds is 8. The number of nitrogens with zero attached hydrogens (tertiary/aromatic N) is 2. The average Bonchev–Trinajstić information content (AvgIpc) is 3.44. The first-order chi connectivity index (χ1) is 16.0. The van der Waals surface area contributed by atoms with Crippen molar-refractivity contribution >= 4 is 50.3 Å². The normalized spacial score (nSPS) is 11.0. The zero-order valence-electron chi connectivity index (χ0n) is 17.9. The predicted octanol–water partition coefficient (Wildman–Crippen LogP) is 5.21. The number of esters is 1. The Labute approximate surface area is 197 Å². The third-order valence-electron chi connectivity index (χ3n) is 4.85. The third-order valence-corrected chi connectivity index (χ3v) is 6.92. The van der Waals surface area contributed by atoms with Crippen molar-refractivity contribution in [3.8, 4) is 0 Å². The number of hydrogen-bond donors (Lipinski definition) is 1. The Balaban J connectivity index is 1.43. The number of nitrogens with one attached hydrogen (secondary N) is 1. The molecule has 4 rings (SSSR count). The monoisotopic (exact) mass is 485 g/mol. The Morgan fingerprint density at radius 3 is 2.58 bits per heavy atom. The minimum atomic E-state index is -0.611. The summed E-state index contributed by atoms with van der Waals surface area (Å²) in [6.07, 6.45) is 0.913. The van der Waals surface area contributed by atoms with Crippen LogP contribution in [0, 0.1) is 5.82 Å². The lowest BCUT2D eigenvalue weighted by Crippen LogP contribution is -2.11. The van der Waals surface area contributed by atoms with Crippen LogP contribution < -0.4 is 5.32 Å². The molecule has 0 aliphatic carbocycles. The standard InChI is InChI=1S/C23H20FN3O4S2/c1-3-13-7-9-14(10-8-13)25-21(28)22-27-26-18(33-22)12-31-23(29)20-15(11-30-2)19-16(24)5-4-6-17(19)32-20/h4-10H,3,11-12H2,1-2H3,(H,25,28). The van der Waals surface area contributed by atoms with Gasteiger partial charge in [-0.25, -0.2) is 9.18 Å². The zero-order valence-corrected chi connectivity index (χ0v) is 19.5. The fourth-order valence-corrected chi connectivity index (χ4v) is 4.98. The van der Waals surface area contributed by atoms with Gasteiger partial charge in [0.25, 0.3) is 5.91 Å². The highest BCUT2D eigenvalue weighted by molar-refractivity contribution is 7.21. The molecule has 7 nitrogen and oxygen atoms in total. The van der Waals surface area contributed by atoms with Crippen molar-refractivity contribution in [2.45, 2.75) is 26.6 Å². The van der Waals surface area contributed by atoms with Crippen LogP contribution in [0.3, 0.4) is 0 Å². The van der Waals surface area contributed by atoms with E-state index in [1.54, 1.807) is 12.1 Å². The van der Waals surface area contributed by atoms with E-state index in [-0.39, 0.29) is 23.1 Å². The van der Waals surface area contributed by atoms with Gasteiger partial charge in [-0.3, -0.25) is 4.79 Å². The van der Waals surface area contributed by atoms with Crippen molar-refractivity contribution in [3.63, 3.8) is 0 Å². The zero-order chi connectivity index (χ0) is 23.4. The first-order valence-corrected chi connectivity index (χ1v) is 11.7. The van der Waals surface area contributed by atoms with Gasteiger partial charge in [0.1, 0.15) is 17.3 Å². The Kier molecular flexibility index (Phi) is 7.07. The summed E-state index contributed by atoms with van der Waals surface area (Å²) in [5.41, 5.74) is 2.28. The highest BCUT2D eigenvalue weighted by Crippen LogP contribution is 2.34. The first kappa shape index (κ1) is 23.0. The molecule has 0 spiro atoms. The topological polar surface area (TPSA) is 90.4 Å². The maximum atomic E-state index is 14.3. The maximum Gasteiger partial charge on any atom is 0.349 e. The maximum absolute atomic E-state index is 14.3. The summed E-state index contributed by atoms with van der Waals surface area (Å²) in [5, 5.41) is 11.5. The number of halogens is 1. The minimum absolute atomic E-state index is 0.0771. The Morgan fingerprint density at radius 2 is 1.85 bits per heavy atom. The number of benzene rings is 2. The van der Waals surface area contributed by atoms with Crippen molar-refractivity contribution in [3.05, 3.63) is 74.3 Å². The molecule has 10 heteroatoms. The van der Waals surface area contributed by atoms with E-state index in [1.165, 1.54) is 18.7 Å². The van der Waals surface area contributed by atoms with Gasteiger partial charge in [0.05, 0.1) is 6.61 Å². The van der Waals surface area contributed by atoms with Crippen LogP contribution in [0.4, 0.5) is 10.1 Å². The molecule has 2 aromatic heterocycles. The molecule has 1 amide bonds. The van der Waals surface area contributed by atoms with Gasteiger partial charge in [0, 0.05) is 28.4 Å². The van der Waals surface area contributed by atoms with Crippen LogP contribution in [0.25, 0.3) is 10.1 Å². The summed E-state index contributed by atoms with van der Waals surface area (Å²) in [5.74, 6) is -1.42. The van der Waals surface area contributed by atoms with E-state index in [4.69, 9.17) is 9.47 Å². The quantitative estimate of drug-likeness (QED) is 0.345. The van der Waals surface area contributed by atoms with E-state index >= 15 is 0 Å². The molecule has 1 N–H and O–H groups in total. The van der Waals surface area contributed by atoms with Crippen molar-refractivity contribution in [2.75, 3.05) is 12.4 Å². The van der Waals surface area contributed by atoms with Gasteiger partial charge >= 0.3 is 5.97 Å². The summed E-state index contributed by atoms with van der Waals surface area (Å²) in [4.78, 5) is 25.4. The van der Waals surface area contributed by atoms with Crippen molar-refractivity contribution in [1.82, 2.24) is 10.2 Å². The van der Waals surface area contributed by atoms with E-state index in [0.29, 0.717) is 26.3 Å². The lowest BCUT2D eigenvalue weighted by molar-refractivity contribution is 0.0473. The number of ether oxygens (including phenoxy) is 2. The molecule has 0 atom stereocenters. The van der Waals surface area contributed by atoms with E-state index in [9.17, 15) is 14.0 Å². The SMILES string of the molecule is CCc1ccc(NC(=O)c2nnc(COC(=O)c3sc4cccc(F)c4c3COC)s2)cc1. The number of aryl methyl sites for hydroxylation is 1. The lowest BCUT2D eigenvalue weighted by Gasteiger charge is -2.04. The van der Waals surface area contributed by atoms with Crippen LogP contribution >= 0.6 is 22.7 Å². The fourth-order valence-electron chi connectivity index (χ4n) is 3.22. The Bertz CT molecular complexity index is 1300. The second kappa shape index (κ2) is 10.2. The van der Waals surface area contributed by atoms with Crippen LogP contribution in [0.15, 0.2) is 42.5 Å². The summed E-state index contributed by atoms with van der Waals surface area (Å²) in [6.45, 7) is 1.98. The minimum Gasteiger partial charge on any atom is -0.454 e. The van der Waals surface area contributed by atoms with E-state index in [0.717, 1.165) is 29.1 Å². The number of aromatic nitrogens is 2. The number of fused-ring (bicyclic) bond motifs is 1. The third kappa shape index (κ3) is 5.08. The first-order valence-electron chi connectivity index (χ1n) is 10.1. The fraction of sp³-hybridized carbons (Fsp3) is 0.217. The average molecular weight is 486 g/mol. The smallest absolute Gasteiger partial charge is 0.349 e. The van der Waals surface area contributed by atoms with Crippen LogP contribution in [0.2, 0.25) is 0 Å². The molecule has 0 bridgehead atoms. The summed E-state index contributed by atoms with van der Waals surface area (Å²) in [7, 11) is 1.48. The molecular formula is C23H20FN3O4S2. The Hall–Kier alpha value is -3.21. The number of amides is 1. The number of carbonyl (C=O) groups excluding carboxylic acids is 2. The summed E-state index contributed by atoms with van der Waals surface area (Å²) in [6, 6.07) is 12.2. The van der Waals surface area contributed by atoms with E-state index in [1.807, 2.05) is 24.3 Å². The molecule has 0 saturated heterocycles. The molecule has 4 aromatic rings. The van der Waals surface area contributed by atoms with E-state index in [2.05, 4.69) is 22.4 Å². The molecule has 33 heavy (non-hydrogen) atoms. The van der Waals surface area contributed by atoms with Crippen LogP contribution in [-0.2, 0) is 29.1 Å². The number of thiophene rings is 1. The van der Waals surface area contributed by atoms with Gasteiger partial charge in [0.2, 0.25) is 5.01 Å². The van der Waals surface area contributed by atoms with Crippen molar-refractivity contribution in [2.24, 2.45) is 0 Å². The van der Waals surface area contributed by atoms with Crippen LogP contribution in [-0.4, -0.2) is 29.2 Å². The second-order valence-electron chi connectivity index (χ2n) is 7.04. The number of methoxy groups -OCH3 is 1. The molecule has 0 radical (unpaired) electrons. The molecule has 170 valence electrons. The number of anilines is 1. The highest BCUT2D eigenvalue weighted by Gasteiger charge is 2.22. The van der Waals surface area contributed by atoms with Gasteiger partial charge in [-0.1, -0.05) is 36.5 Å². The predicted molar refractivity (Wildman–Crippen MR) is 125 cm³/mol. The molecule has 0 aliphatic heterocycles. The largest absolute Gasteiger partial charge is 0.454 e. The van der Waals surface area contributed by atoms with Gasteiger partial charge in [-0.2, -0.15) is 0 Å². The molecule has 0 saturated carbocycles. The van der Waals surface area contributed by atoms with Gasteiger partial charge in [0.15, 0.2) is 5.01 Å². The lowest BCUT2D eigenvalue weighted by atomic mass is 10.1. The van der Waals surface area contributed by atoms with Crippen molar-refractivity contribution < 1.29 is 23.5 Å². The molecule has 0 aliphatic rings. The Morgan fingerprint density at radius 1 is 1.06 bits per heavy atom. The molecule has 0 unspecified atom stereocenters. The number of carbonyl (C=O) groups is 2. The van der Waals surface area contributed by atoms with Crippen molar-refractivity contribution in [1.29, 1.82) is 0 Å². The van der Waals surface area contributed by atoms with Gasteiger partial charge in [-0.05, 0) is 36.2 Å². The summed E-state index contributed by atoms with van der Waals surface area (Å²) < 4.78 is 25.5. The molecule has 2 aromatic carbocycles. The van der Waals surface area contributed by atoms with Gasteiger partial charge < -0.3 is 14.8 Å². The van der Waals surface area contributed by atoms with Crippen LogP contribution in [0.1, 0.15) is 42.5 Å². The van der Waals surface area contributed by atoms with E-state index < -0.39 is 17.7 Å². The second-order valence-corrected chi connectivity index (χ2v) is 9.15. The van der Waals surface area contributed by atoms with Gasteiger partial charge in [-0.15, -0.1) is 21.5 Å².